The lowest BCUT2D eigenvalue weighted by atomic mass is 9.99. The first-order valence-corrected chi connectivity index (χ1v) is 9.25. The topological polar surface area (TPSA) is 72.4 Å². The Morgan fingerprint density at radius 3 is 2.46 bits per heavy atom. The molecule has 0 aliphatic carbocycles. The first kappa shape index (κ1) is 18.3. The number of nitrogens with zero attached hydrogens (tertiary/aromatic N) is 4. The van der Waals surface area contributed by atoms with Crippen LogP contribution in [0.5, 0.6) is 11.5 Å². The number of hydrogen-bond acceptors (Lipinski definition) is 7. The molecule has 0 saturated heterocycles. The van der Waals surface area contributed by atoms with Gasteiger partial charge in [0.25, 0.3) is 0 Å². The van der Waals surface area contributed by atoms with Gasteiger partial charge in [0.05, 0.1) is 20.4 Å². The predicted molar refractivity (Wildman–Crippen MR) is 109 cm³/mol. The fourth-order valence-corrected chi connectivity index (χ4v) is 3.35. The van der Waals surface area contributed by atoms with Crippen LogP contribution in [0.4, 0.5) is 17.5 Å². The van der Waals surface area contributed by atoms with Gasteiger partial charge in [0.15, 0.2) is 17.3 Å². The molecular weight excluding hydrogens is 378 g/mol. The highest BCUT2D eigenvalue weighted by atomic mass is 35.5. The van der Waals surface area contributed by atoms with Crippen LogP contribution in [0.2, 0.25) is 5.02 Å². The molecule has 0 saturated carbocycles. The lowest BCUT2D eigenvalue weighted by Gasteiger charge is -2.29. The van der Waals surface area contributed by atoms with Crippen LogP contribution in [0.25, 0.3) is 0 Å². The van der Waals surface area contributed by atoms with Gasteiger partial charge in [-0.1, -0.05) is 11.6 Å². The third-order valence-corrected chi connectivity index (χ3v) is 4.92. The van der Waals surface area contributed by atoms with Crippen molar-refractivity contribution >= 4 is 29.1 Å². The van der Waals surface area contributed by atoms with E-state index in [0.717, 1.165) is 30.2 Å². The second kappa shape index (κ2) is 7.90. The van der Waals surface area contributed by atoms with E-state index in [-0.39, 0.29) is 0 Å². The second-order valence-electron chi connectivity index (χ2n) is 6.42. The molecule has 4 rings (SSSR count). The minimum atomic E-state index is 0.583. The standard InChI is InChI=1S/C20H20ClN5O2/c1-27-17-9-13-7-8-26(12-14(13)10-18(17)28-2)20-24-19(11-22-25-20)23-16-5-3-15(21)4-6-16/h3-6,9-11H,7-8,12H2,1-2H3,(H,23,24,25). The smallest absolute Gasteiger partial charge is 0.247 e. The minimum Gasteiger partial charge on any atom is -0.493 e. The Hall–Kier alpha value is -3.06. The van der Waals surface area contributed by atoms with Gasteiger partial charge in [0, 0.05) is 23.8 Å². The van der Waals surface area contributed by atoms with Crippen molar-refractivity contribution in [3.8, 4) is 11.5 Å². The van der Waals surface area contributed by atoms with E-state index in [0.29, 0.717) is 23.3 Å². The molecule has 144 valence electrons. The van der Waals surface area contributed by atoms with Crippen LogP contribution in [0.1, 0.15) is 11.1 Å². The molecule has 1 N–H and O–H groups in total. The highest BCUT2D eigenvalue weighted by Crippen LogP contribution is 2.34. The van der Waals surface area contributed by atoms with E-state index >= 15 is 0 Å². The van der Waals surface area contributed by atoms with E-state index in [4.69, 9.17) is 21.1 Å². The van der Waals surface area contributed by atoms with Gasteiger partial charge in [-0.15, -0.1) is 5.10 Å². The number of nitrogens with one attached hydrogen (secondary N) is 1. The van der Waals surface area contributed by atoms with Crippen LogP contribution < -0.4 is 19.7 Å². The van der Waals surface area contributed by atoms with Gasteiger partial charge in [0.1, 0.15) is 0 Å². The van der Waals surface area contributed by atoms with Gasteiger partial charge in [0.2, 0.25) is 5.95 Å². The molecule has 8 heteroatoms. The molecule has 2 aromatic carbocycles. The van der Waals surface area contributed by atoms with Crippen LogP contribution in [-0.4, -0.2) is 35.9 Å². The Bertz CT molecular complexity index is 981. The summed E-state index contributed by atoms with van der Waals surface area (Å²) >= 11 is 5.93. The van der Waals surface area contributed by atoms with Crippen LogP contribution in [-0.2, 0) is 13.0 Å². The summed E-state index contributed by atoms with van der Waals surface area (Å²) in [6.07, 6.45) is 2.47. The SMILES string of the molecule is COc1cc2c(cc1OC)CN(c1nncc(Nc3ccc(Cl)cc3)n1)CC2. The molecule has 0 fully saturated rings. The van der Waals surface area contributed by atoms with Crippen molar-refractivity contribution < 1.29 is 9.47 Å². The largest absolute Gasteiger partial charge is 0.493 e. The summed E-state index contributed by atoms with van der Waals surface area (Å²) in [7, 11) is 3.29. The van der Waals surface area contributed by atoms with Crippen molar-refractivity contribution in [3.05, 3.63) is 58.7 Å². The Morgan fingerprint density at radius 2 is 1.75 bits per heavy atom. The molecule has 1 aromatic heterocycles. The highest BCUT2D eigenvalue weighted by Gasteiger charge is 2.21. The number of methoxy groups -OCH3 is 2. The summed E-state index contributed by atoms with van der Waals surface area (Å²) in [6, 6.07) is 11.5. The fourth-order valence-electron chi connectivity index (χ4n) is 3.22. The fraction of sp³-hybridized carbons (Fsp3) is 0.250. The zero-order chi connectivity index (χ0) is 19.5. The number of hydrogen-bond donors (Lipinski definition) is 1. The summed E-state index contributed by atoms with van der Waals surface area (Å²) in [5, 5.41) is 12.2. The monoisotopic (exact) mass is 397 g/mol. The number of fused-ring (bicyclic) bond motifs is 1. The van der Waals surface area contributed by atoms with Crippen molar-refractivity contribution in [2.24, 2.45) is 0 Å². The summed E-state index contributed by atoms with van der Waals surface area (Å²) in [6.45, 7) is 1.48. The number of ether oxygens (including phenoxy) is 2. The van der Waals surface area contributed by atoms with Crippen LogP contribution in [0, 0.1) is 0 Å². The molecular formula is C20H20ClN5O2. The molecule has 0 radical (unpaired) electrons. The number of halogens is 1. The summed E-state index contributed by atoms with van der Waals surface area (Å²) in [5.74, 6) is 2.69. The number of aromatic nitrogens is 3. The quantitative estimate of drug-likeness (QED) is 0.701. The maximum absolute atomic E-state index is 5.93. The molecule has 2 heterocycles. The minimum absolute atomic E-state index is 0.583. The molecule has 0 unspecified atom stereocenters. The second-order valence-corrected chi connectivity index (χ2v) is 6.86. The molecule has 0 bridgehead atoms. The summed E-state index contributed by atoms with van der Waals surface area (Å²) < 4.78 is 10.8. The van der Waals surface area contributed by atoms with Gasteiger partial charge >= 0.3 is 0 Å². The van der Waals surface area contributed by atoms with Crippen LogP contribution in [0.15, 0.2) is 42.6 Å². The molecule has 0 atom stereocenters. The van der Waals surface area contributed by atoms with Crippen LogP contribution in [0.3, 0.4) is 0 Å². The van der Waals surface area contributed by atoms with E-state index in [1.165, 1.54) is 11.1 Å². The van der Waals surface area contributed by atoms with Crippen molar-refractivity contribution in [1.82, 2.24) is 15.2 Å². The van der Waals surface area contributed by atoms with Gasteiger partial charge in [-0.25, -0.2) is 0 Å². The maximum Gasteiger partial charge on any atom is 0.247 e. The molecule has 1 aliphatic heterocycles. The van der Waals surface area contributed by atoms with Gasteiger partial charge in [-0.05, 0) is 53.9 Å². The first-order chi connectivity index (χ1) is 13.7. The van der Waals surface area contributed by atoms with Crippen molar-refractivity contribution in [1.29, 1.82) is 0 Å². The average molecular weight is 398 g/mol. The lowest BCUT2D eigenvalue weighted by molar-refractivity contribution is 0.353. The predicted octanol–water partition coefficient (Wildman–Crippen LogP) is 3.85. The van der Waals surface area contributed by atoms with E-state index < -0.39 is 0 Å². The highest BCUT2D eigenvalue weighted by molar-refractivity contribution is 6.30. The number of anilines is 3. The Balaban J connectivity index is 1.55. The van der Waals surface area contributed by atoms with Gasteiger partial charge in [-0.3, -0.25) is 0 Å². The molecule has 7 nitrogen and oxygen atoms in total. The molecule has 28 heavy (non-hydrogen) atoms. The number of benzene rings is 2. The van der Waals surface area contributed by atoms with Crippen molar-refractivity contribution in [2.75, 3.05) is 31.0 Å². The first-order valence-electron chi connectivity index (χ1n) is 8.87. The van der Waals surface area contributed by atoms with E-state index in [2.05, 4.69) is 25.4 Å². The van der Waals surface area contributed by atoms with Crippen molar-refractivity contribution in [2.45, 2.75) is 13.0 Å². The average Bonchev–Trinajstić information content (AvgIpc) is 2.74. The van der Waals surface area contributed by atoms with E-state index in [1.807, 2.05) is 36.4 Å². The summed E-state index contributed by atoms with van der Waals surface area (Å²) in [5.41, 5.74) is 3.30. The molecule has 3 aromatic rings. The third kappa shape index (κ3) is 3.80. The van der Waals surface area contributed by atoms with E-state index in [1.54, 1.807) is 20.4 Å². The molecule has 1 aliphatic rings. The zero-order valence-corrected chi connectivity index (χ0v) is 16.4. The van der Waals surface area contributed by atoms with Crippen LogP contribution >= 0.6 is 11.6 Å². The Labute approximate surface area is 168 Å². The molecule has 0 amide bonds. The zero-order valence-electron chi connectivity index (χ0n) is 15.6. The normalized spacial score (nSPS) is 13.0. The third-order valence-electron chi connectivity index (χ3n) is 4.67. The molecule has 0 spiro atoms. The van der Waals surface area contributed by atoms with Gasteiger partial charge < -0.3 is 19.7 Å². The maximum atomic E-state index is 5.93. The Morgan fingerprint density at radius 1 is 1.04 bits per heavy atom. The van der Waals surface area contributed by atoms with Crippen molar-refractivity contribution in [3.63, 3.8) is 0 Å². The Kier molecular flexibility index (Phi) is 5.16. The van der Waals surface area contributed by atoms with Gasteiger partial charge in [-0.2, -0.15) is 10.1 Å². The van der Waals surface area contributed by atoms with E-state index in [9.17, 15) is 0 Å². The number of rotatable bonds is 5. The lowest BCUT2D eigenvalue weighted by Crippen LogP contribution is -2.32. The summed E-state index contributed by atoms with van der Waals surface area (Å²) in [4.78, 5) is 6.72.